The number of nitrogens with zero attached hydrogens (tertiary/aromatic N) is 2. The Morgan fingerprint density at radius 3 is 2.95 bits per heavy atom. The number of carbonyl (C=O) groups excluding carboxylic acids is 1. The lowest BCUT2D eigenvalue weighted by Crippen LogP contribution is -2.47. The van der Waals surface area contributed by atoms with Crippen molar-refractivity contribution in [2.24, 2.45) is 10.7 Å². The Morgan fingerprint density at radius 1 is 1.50 bits per heavy atom. The van der Waals surface area contributed by atoms with Crippen LogP contribution in [0.2, 0.25) is 0 Å². The Balaban J connectivity index is 2.16. The van der Waals surface area contributed by atoms with E-state index in [0.717, 1.165) is 15.6 Å². The first-order valence-electron chi connectivity index (χ1n) is 6.30. The zero-order valence-corrected chi connectivity index (χ0v) is 12.2. The van der Waals surface area contributed by atoms with Crippen molar-refractivity contribution in [2.75, 3.05) is 7.05 Å². The molecule has 1 amide bonds. The summed E-state index contributed by atoms with van der Waals surface area (Å²) in [7, 11) is 7.74. The number of hydrogen-bond acceptors (Lipinski definition) is 4. The monoisotopic (exact) mass is 283 g/mol. The third kappa shape index (κ3) is 1.91. The minimum Gasteiger partial charge on any atom is -0.369 e. The predicted octanol–water partition coefficient (Wildman–Crippen LogP) is 1.09. The van der Waals surface area contributed by atoms with Gasteiger partial charge in [-0.2, -0.15) is 0 Å². The van der Waals surface area contributed by atoms with Crippen molar-refractivity contribution in [1.82, 2.24) is 4.90 Å². The number of carbonyl (C=O) groups is 1. The van der Waals surface area contributed by atoms with E-state index in [4.69, 9.17) is 13.6 Å². The number of aliphatic imine (C=N–C) groups is 1. The second kappa shape index (κ2) is 4.35. The number of thiophene rings is 1. The molecule has 0 saturated heterocycles. The Morgan fingerprint density at radius 2 is 2.25 bits per heavy atom. The van der Waals surface area contributed by atoms with E-state index in [9.17, 15) is 4.79 Å². The lowest BCUT2D eigenvalue weighted by atomic mass is 9.83. The molecule has 4 nitrogen and oxygen atoms in total. The molecular weight excluding hydrogens is 269 g/mol. The third-order valence-electron chi connectivity index (χ3n) is 3.78. The quantitative estimate of drug-likeness (QED) is 0.796. The first kappa shape index (κ1) is 13.2. The minimum atomic E-state index is -0.655. The Hall–Kier alpha value is -1.82. The summed E-state index contributed by atoms with van der Waals surface area (Å²) in [5, 5.41) is 3.08. The Labute approximate surface area is 122 Å². The fraction of sp³-hybridized carbons (Fsp3) is 0.286. The normalized spacial score (nSPS) is 23.2. The van der Waals surface area contributed by atoms with Crippen LogP contribution >= 0.6 is 11.3 Å². The van der Waals surface area contributed by atoms with Gasteiger partial charge in [-0.3, -0.25) is 9.69 Å². The van der Waals surface area contributed by atoms with Gasteiger partial charge < -0.3 is 5.73 Å². The number of hydrogen-bond donors (Lipinski definition) is 1. The lowest BCUT2D eigenvalue weighted by molar-refractivity contribution is -0.128. The van der Waals surface area contributed by atoms with Crippen LogP contribution in [-0.4, -0.2) is 31.7 Å². The zero-order chi connectivity index (χ0) is 14.5. The van der Waals surface area contributed by atoms with Gasteiger partial charge in [0.1, 0.15) is 7.85 Å². The Kier molecular flexibility index (Phi) is 2.86. The third-order valence-corrected chi connectivity index (χ3v) is 4.76. The van der Waals surface area contributed by atoms with Gasteiger partial charge in [-0.15, -0.1) is 11.3 Å². The van der Waals surface area contributed by atoms with Gasteiger partial charge in [-0.25, -0.2) is 4.99 Å². The van der Waals surface area contributed by atoms with E-state index in [-0.39, 0.29) is 11.9 Å². The van der Waals surface area contributed by atoms with Crippen molar-refractivity contribution >= 4 is 46.6 Å². The van der Waals surface area contributed by atoms with Crippen molar-refractivity contribution in [2.45, 2.75) is 18.9 Å². The highest BCUT2D eigenvalue weighted by molar-refractivity contribution is 7.18. The van der Waals surface area contributed by atoms with E-state index >= 15 is 0 Å². The average Bonchev–Trinajstić information content (AvgIpc) is 2.84. The maximum Gasteiger partial charge on any atom is 0.231 e. The molecule has 0 unspecified atom stereocenters. The largest absolute Gasteiger partial charge is 0.369 e. The standard InChI is InChI=1S/C14H14BN3OS/c1-14(7-11(19)18(2)13(16)17-14)9-5-8-3-4-20-12(8)10(15)6-9/h3-6H,7H2,1-2H3,(H2,16,17)/t14-/m0/s1. The van der Waals surface area contributed by atoms with E-state index in [1.165, 1.54) is 4.90 Å². The van der Waals surface area contributed by atoms with Gasteiger partial charge in [-0.05, 0) is 35.4 Å². The first-order chi connectivity index (χ1) is 9.40. The molecule has 1 aliphatic heterocycles. The van der Waals surface area contributed by atoms with E-state index < -0.39 is 5.54 Å². The number of guanidine groups is 1. The second-order valence-electron chi connectivity index (χ2n) is 5.28. The van der Waals surface area contributed by atoms with Crippen LogP contribution in [0.4, 0.5) is 0 Å². The summed E-state index contributed by atoms with van der Waals surface area (Å²) in [6.07, 6.45) is 0.291. The van der Waals surface area contributed by atoms with Crippen molar-refractivity contribution in [3.63, 3.8) is 0 Å². The summed E-state index contributed by atoms with van der Waals surface area (Å²) in [5.74, 6) is 0.205. The molecule has 0 spiro atoms. The minimum absolute atomic E-state index is 0.0380. The topological polar surface area (TPSA) is 58.7 Å². The van der Waals surface area contributed by atoms with E-state index in [2.05, 4.69) is 4.99 Å². The SMILES string of the molecule is [B]c1cc([C@]2(C)CC(=O)N(C)C(N)=N2)cc2ccsc12. The predicted molar refractivity (Wildman–Crippen MR) is 83.6 cm³/mol. The molecule has 0 aliphatic carbocycles. The number of benzene rings is 1. The van der Waals surface area contributed by atoms with E-state index in [1.54, 1.807) is 18.4 Å². The molecule has 1 aromatic carbocycles. The number of nitrogens with two attached hydrogens (primary N) is 1. The number of fused-ring (bicyclic) bond motifs is 1. The molecule has 2 N–H and O–H groups in total. The molecular formula is C14H14BN3OS. The van der Waals surface area contributed by atoms with Crippen LogP contribution in [-0.2, 0) is 10.3 Å². The van der Waals surface area contributed by atoms with Crippen LogP contribution in [0.3, 0.4) is 0 Å². The molecule has 3 rings (SSSR count). The van der Waals surface area contributed by atoms with Crippen LogP contribution < -0.4 is 11.2 Å². The van der Waals surface area contributed by atoms with Gasteiger partial charge >= 0.3 is 0 Å². The molecule has 2 heterocycles. The highest BCUT2D eigenvalue weighted by atomic mass is 32.1. The van der Waals surface area contributed by atoms with Crippen molar-refractivity contribution in [1.29, 1.82) is 0 Å². The molecule has 0 fully saturated rings. The summed E-state index contributed by atoms with van der Waals surface area (Å²) in [5.41, 5.74) is 6.82. The summed E-state index contributed by atoms with van der Waals surface area (Å²) in [6, 6.07) is 5.96. The molecule has 1 atom stereocenters. The highest BCUT2D eigenvalue weighted by Crippen LogP contribution is 2.34. The van der Waals surface area contributed by atoms with Crippen LogP contribution in [0.25, 0.3) is 10.1 Å². The molecule has 0 bridgehead atoms. The van der Waals surface area contributed by atoms with Crippen LogP contribution in [0.5, 0.6) is 0 Å². The lowest BCUT2D eigenvalue weighted by Gasteiger charge is -2.34. The second-order valence-corrected chi connectivity index (χ2v) is 6.19. The summed E-state index contributed by atoms with van der Waals surface area (Å²) >= 11 is 1.61. The fourth-order valence-electron chi connectivity index (χ4n) is 2.50. The van der Waals surface area contributed by atoms with E-state index in [0.29, 0.717) is 11.9 Å². The summed E-state index contributed by atoms with van der Waals surface area (Å²) in [4.78, 5) is 17.9. The molecule has 100 valence electrons. The molecule has 1 aromatic heterocycles. The average molecular weight is 283 g/mol. The van der Waals surface area contributed by atoms with Crippen molar-refractivity contribution in [3.8, 4) is 0 Å². The summed E-state index contributed by atoms with van der Waals surface area (Å²) < 4.78 is 1.06. The molecule has 2 aromatic rings. The van der Waals surface area contributed by atoms with Crippen molar-refractivity contribution in [3.05, 3.63) is 29.1 Å². The van der Waals surface area contributed by atoms with Gasteiger partial charge in [-0.1, -0.05) is 11.5 Å². The molecule has 6 heteroatoms. The highest BCUT2D eigenvalue weighted by Gasteiger charge is 2.36. The zero-order valence-electron chi connectivity index (χ0n) is 11.4. The van der Waals surface area contributed by atoms with Gasteiger partial charge in [0, 0.05) is 11.7 Å². The van der Waals surface area contributed by atoms with Gasteiger partial charge in [0.15, 0.2) is 5.96 Å². The van der Waals surface area contributed by atoms with Crippen LogP contribution in [0.1, 0.15) is 18.9 Å². The van der Waals surface area contributed by atoms with Crippen LogP contribution in [0, 0.1) is 0 Å². The summed E-state index contributed by atoms with van der Waals surface area (Å²) in [6.45, 7) is 1.91. The molecule has 0 saturated carbocycles. The van der Waals surface area contributed by atoms with Gasteiger partial charge in [0.25, 0.3) is 0 Å². The fourth-order valence-corrected chi connectivity index (χ4v) is 3.30. The van der Waals surface area contributed by atoms with Crippen LogP contribution in [0.15, 0.2) is 28.6 Å². The first-order valence-corrected chi connectivity index (χ1v) is 7.18. The maximum absolute atomic E-state index is 12.0. The van der Waals surface area contributed by atoms with Gasteiger partial charge in [0.2, 0.25) is 5.91 Å². The van der Waals surface area contributed by atoms with Crippen molar-refractivity contribution < 1.29 is 4.79 Å². The van der Waals surface area contributed by atoms with E-state index in [1.807, 2.05) is 30.5 Å². The number of rotatable bonds is 1. The molecule has 20 heavy (non-hydrogen) atoms. The molecule has 2 radical (unpaired) electrons. The Bertz CT molecular complexity index is 739. The van der Waals surface area contributed by atoms with Gasteiger partial charge in [0.05, 0.1) is 12.0 Å². The smallest absolute Gasteiger partial charge is 0.231 e. The number of amides is 1. The maximum atomic E-state index is 12.0. The molecule has 1 aliphatic rings.